The normalized spacial score (nSPS) is 10.9. The third kappa shape index (κ3) is 9.05. The van der Waals surface area contributed by atoms with Crippen molar-refractivity contribution < 1.29 is 9.46 Å². The molecule has 0 rings (SSSR count). The Kier molecular flexibility index (Phi) is 11.0. The first-order valence-corrected chi connectivity index (χ1v) is 6.46. The fourth-order valence-electron chi connectivity index (χ4n) is 0.922. The second-order valence-electron chi connectivity index (χ2n) is 3.00. The average molecular weight is 205 g/mol. The molecule has 4 heteroatoms. The molecule has 12 heavy (non-hydrogen) atoms. The molecule has 0 aromatic heterocycles. The summed E-state index contributed by atoms with van der Waals surface area (Å²) in [5, 5.41) is 0. The minimum Gasteiger partial charge on any atom is -0.344 e. The van der Waals surface area contributed by atoms with E-state index in [0.29, 0.717) is 12.3 Å². The highest BCUT2D eigenvalue weighted by Crippen LogP contribution is 2.42. The summed E-state index contributed by atoms with van der Waals surface area (Å²) in [6, 6.07) is 0. The molecule has 0 fully saturated rings. The van der Waals surface area contributed by atoms with Crippen molar-refractivity contribution in [1.29, 1.82) is 0 Å². The smallest absolute Gasteiger partial charge is 0.316 e. The Morgan fingerprint density at radius 2 is 1.42 bits per heavy atom. The van der Waals surface area contributed by atoms with Gasteiger partial charge in [0.15, 0.2) is 0 Å². The van der Waals surface area contributed by atoms with Gasteiger partial charge < -0.3 is 4.89 Å². The molecule has 72 valence electrons. The lowest BCUT2D eigenvalue weighted by Gasteiger charge is -2.09. The minimum atomic E-state index is -2.73. The number of unbranched alkanes of at least 4 members (excludes halogenated alkanes) is 2. The molecule has 0 aromatic carbocycles. The van der Waals surface area contributed by atoms with E-state index in [4.69, 9.17) is 0 Å². The quantitative estimate of drug-likeness (QED) is 0.530. The van der Waals surface area contributed by atoms with Crippen molar-refractivity contribution in [2.24, 2.45) is 0 Å². The van der Waals surface area contributed by atoms with Gasteiger partial charge in [-0.1, -0.05) is 26.7 Å². The molecule has 0 saturated carbocycles. The molecule has 0 aliphatic heterocycles. The first-order chi connectivity index (χ1) is 5.12. The zero-order chi connectivity index (χ0) is 8.74. The van der Waals surface area contributed by atoms with Crippen LogP contribution in [0, 0.1) is 0 Å². The van der Waals surface area contributed by atoms with Crippen LogP contribution in [0.3, 0.4) is 0 Å². The second kappa shape index (κ2) is 8.55. The summed E-state index contributed by atoms with van der Waals surface area (Å²) < 4.78 is 11.3. The molecular weight excluding hydrogens is 183 g/mol. The third-order valence-electron chi connectivity index (χ3n) is 1.72. The van der Waals surface area contributed by atoms with Crippen LogP contribution in [0.1, 0.15) is 39.5 Å². The van der Waals surface area contributed by atoms with E-state index in [-0.39, 0.29) is 23.1 Å². The van der Waals surface area contributed by atoms with Crippen molar-refractivity contribution in [3.63, 3.8) is 0 Å². The topological polar surface area (TPSA) is 37.3 Å². The fourth-order valence-corrected chi connectivity index (χ4v) is 2.77. The standard InChI is InChI=1S/C8H19O2P.Mg.2H/c1-3-5-7-11(9,10)8-6-4-2;;;/h3-8H2,1-2H3,(H,9,10);;;. The van der Waals surface area contributed by atoms with Crippen LogP contribution in [0.4, 0.5) is 0 Å². The molecule has 0 saturated heterocycles. The van der Waals surface area contributed by atoms with Crippen molar-refractivity contribution in [3.8, 4) is 0 Å². The molecule has 1 N–H and O–H groups in total. The van der Waals surface area contributed by atoms with Crippen LogP contribution >= 0.6 is 7.37 Å². The van der Waals surface area contributed by atoms with Gasteiger partial charge in [0.25, 0.3) is 0 Å². The monoisotopic (exact) mass is 204 g/mol. The summed E-state index contributed by atoms with van der Waals surface area (Å²) in [7, 11) is -2.73. The van der Waals surface area contributed by atoms with Gasteiger partial charge in [0.1, 0.15) is 0 Å². The molecule has 0 bridgehead atoms. The second-order valence-corrected chi connectivity index (χ2v) is 5.59. The molecule has 0 amide bonds. The predicted molar refractivity (Wildman–Crippen MR) is 57.9 cm³/mol. The minimum absolute atomic E-state index is 0. The maximum atomic E-state index is 11.3. The number of rotatable bonds is 6. The molecule has 0 aromatic rings. The Hall–Kier alpha value is 0.956. The van der Waals surface area contributed by atoms with E-state index in [9.17, 15) is 9.46 Å². The van der Waals surface area contributed by atoms with Crippen LogP contribution in [0.15, 0.2) is 0 Å². The van der Waals surface area contributed by atoms with Gasteiger partial charge in [-0.3, -0.25) is 4.57 Å². The summed E-state index contributed by atoms with van der Waals surface area (Å²) in [6.07, 6.45) is 4.83. The first-order valence-electron chi connectivity index (χ1n) is 4.43. The maximum Gasteiger partial charge on any atom is 0.316 e. The Morgan fingerprint density at radius 1 is 1.08 bits per heavy atom. The Bertz CT molecular complexity index is 127. The fraction of sp³-hybridized carbons (Fsp3) is 1.00. The molecule has 2 nitrogen and oxygen atoms in total. The lowest BCUT2D eigenvalue weighted by atomic mass is 10.4. The van der Waals surface area contributed by atoms with Gasteiger partial charge in [-0.2, -0.15) is 0 Å². The Morgan fingerprint density at radius 3 is 1.67 bits per heavy atom. The van der Waals surface area contributed by atoms with Crippen molar-refractivity contribution in [2.45, 2.75) is 39.5 Å². The van der Waals surface area contributed by atoms with Gasteiger partial charge in [0.2, 0.25) is 7.37 Å². The van der Waals surface area contributed by atoms with E-state index < -0.39 is 7.37 Å². The van der Waals surface area contributed by atoms with E-state index in [0.717, 1.165) is 25.7 Å². The van der Waals surface area contributed by atoms with Crippen molar-refractivity contribution in [1.82, 2.24) is 0 Å². The molecule has 0 aliphatic rings. The van der Waals surface area contributed by atoms with Gasteiger partial charge in [0, 0.05) is 12.3 Å². The lowest BCUT2D eigenvalue weighted by Crippen LogP contribution is -1.93. The van der Waals surface area contributed by atoms with Crippen LogP contribution in [-0.4, -0.2) is 40.3 Å². The molecule has 0 heterocycles. The first kappa shape index (κ1) is 15.4. The molecule has 0 radical (unpaired) electrons. The average Bonchev–Trinajstić information content (AvgIpc) is 1.97. The molecular formula is C8H21MgO2P. The number of hydrogen-bond donors (Lipinski definition) is 1. The molecule has 0 unspecified atom stereocenters. The number of hydrogen-bond acceptors (Lipinski definition) is 1. The van der Waals surface area contributed by atoms with Crippen LogP contribution in [-0.2, 0) is 4.57 Å². The summed E-state index contributed by atoms with van der Waals surface area (Å²) in [5.74, 6) is 0. The van der Waals surface area contributed by atoms with Gasteiger partial charge >= 0.3 is 23.1 Å². The lowest BCUT2D eigenvalue weighted by molar-refractivity contribution is 0.473. The van der Waals surface area contributed by atoms with Crippen molar-refractivity contribution in [2.75, 3.05) is 12.3 Å². The SMILES string of the molecule is CCCCP(=O)(O)CCCC.[MgH2]. The predicted octanol–water partition coefficient (Wildman–Crippen LogP) is 1.94. The molecule has 0 spiro atoms. The Labute approximate surface area is 91.7 Å². The van der Waals surface area contributed by atoms with Crippen LogP contribution in [0.25, 0.3) is 0 Å². The largest absolute Gasteiger partial charge is 0.344 e. The highest BCUT2D eigenvalue weighted by molar-refractivity contribution is 7.57. The molecule has 0 aliphatic carbocycles. The Balaban J connectivity index is 0. The molecule has 0 atom stereocenters. The third-order valence-corrected chi connectivity index (χ3v) is 3.75. The zero-order valence-electron chi connectivity index (χ0n) is 7.55. The van der Waals surface area contributed by atoms with E-state index in [2.05, 4.69) is 0 Å². The van der Waals surface area contributed by atoms with Gasteiger partial charge in [-0.25, -0.2) is 0 Å². The van der Waals surface area contributed by atoms with Gasteiger partial charge in [-0.05, 0) is 12.8 Å². The summed E-state index contributed by atoms with van der Waals surface area (Å²) in [5.41, 5.74) is 0. The van der Waals surface area contributed by atoms with Crippen LogP contribution in [0.5, 0.6) is 0 Å². The maximum absolute atomic E-state index is 11.3. The summed E-state index contributed by atoms with van der Waals surface area (Å²) >= 11 is 0. The van der Waals surface area contributed by atoms with E-state index in [1.54, 1.807) is 0 Å². The summed E-state index contributed by atoms with van der Waals surface area (Å²) in [6.45, 7) is 4.08. The van der Waals surface area contributed by atoms with Crippen molar-refractivity contribution in [3.05, 3.63) is 0 Å². The summed E-state index contributed by atoms with van der Waals surface area (Å²) in [4.78, 5) is 9.33. The van der Waals surface area contributed by atoms with Crippen LogP contribution in [0.2, 0.25) is 0 Å². The van der Waals surface area contributed by atoms with Crippen LogP contribution < -0.4 is 0 Å². The zero-order valence-corrected chi connectivity index (χ0v) is 8.44. The highest BCUT2D eigenvalue weighted by Gasteiger charge is 2.15. The van der Waals surface area contributed by atoms with Gasteiger partial charge in [-0.15, -0.1) is 0 Å². The van der Waals surface area contributed by atoms with E-state index in [1.165, 1.54) is 0 Å². The van der Waals surface area contributed by atoms with E-state index in [1.807, 2.05) is 13.8 Å². The highest BCUT2D eigenvalue weighted by atomic mass is 31.2. The van der Waals surface area contributed by atoms with E-state index >= 15 is 0 Å². The van der Waals surface area contributed by atoms with Gasteiger partial charge in [0.05, 0.1) is 0 Å². The van der Waals surface area contributed by atoms with Crippen molar-refractivity contribution >= 4 is 30.4 Å².